The average molecular weight is 267 g/mol. The lowest BCUT2D eigenvalue weighted by Crippen LogP contribution is -2.00. The number of benzene rings is 2. The zero-order chi connectivity index (χ0) is 14.1. The second-order valence-electron chi connectivity index (χ2n) is 4.36. The summed E-state index contributed by atoms with van der Waals surface area (Å²) < 4.78 is 13.8. The van der Waals surface area contributed by atoms with Crippen LogP contribution in [0.15, 0.2) is 54.6 Å². The minimum absolute atomic E-state index is 0.119. The van der Waals surface area contributed by atoms with E-state index in [4.69, 9.17) is 0 Å². The predicted octanol–water partition coefficient (Wildman–Crippen LogP) is 3.74. The van der Waals surface area contributed by atoms with Crippen LogP contribution in [0.25, 0.3) is 22.2 Å². The van der Waals surface area contributed by atoms with Crippen molar-refractivity contribution in [3.05, 3.63) is 66.0 Å². The number of fused-ring (bicyclic) bond motifs is 1. The second kappa shape index (κ2) is 4.74. The SMILES string of the molecule is O=C(O)c1cc(-c2ccccc2F)nc2ccccc12. The van der Waals surface area contributed by atoms with Gasteiger partial charge in [-0.1, -0.05) is 30.3 Å². The van der Waals surface area contributed by atoms with Crippen molar-refractivity contribution in [2.45, 2.75) is 0 Å². The molecule has 0 amide bonds. The quantitative estimate of drug-likeness (QED) is 0.769. The van der Waals surface area contributed by atoms with Gasteiger partial charge in [-0.3, -0.25) is 0 Å². The molecule has 0 spiro atoms. The van der Waals surface area contributed by atoms with Crippen molar-refractivity contribution < 1.29 is 14.3 Å². The van der Waals surface area contributed by atoms with E-state index in [0.717, 1.165) is 0 Å². The zero-order valence-corrected chi connectivity index (χ0v) is 10.4. The molecule has 0 fully saturated rings. The van der Waals surface area contributed by atoms with Crippen molar-refractivity contribution in [1.29, 1.82) is 0 Å². The van der Waals surface area contributed by atoms with Gasteiger partial charge in [0.1, 0.15) is 5.82 Å². The van der Waals surface area contributed by atoms with Gasteiger partial charge in [-0.05, 0) is 24.3 Å². The summed E-state index contributed by atoms with van der Waals surface area (Å²) in [6, 6.07) is 14.5. The maximum atomic E-state index is 13.8. The van der Waals surface area contributed by atoms with Crippen molar-refractivity contribution >= 4 is 16.9 Å². The monoisotopic (exact) mass is 267 g/mol. The Balaban J connectivity index is 2.33. The van der Waals surface area contributed by atoms with Gasteiger partial charge in [-0.25, -0.2) is 14.2 Å². The highest BCUT2D eigenvalue weighted by molar-refractivity contribution is 6.03. The molecule has 1 aromatic heterocycles. The van der Waals surface area contributed by atoms with Crippen LogP contribution in [-0.4, -0.2) is 16.1 Å². The summed E-state index contributed by atoms with van der Waals surface area (Å²) in [6.45, 7) is 0. The van der Waals surface area contributed by atoms with E-state index in [1.807, 2.05) is 0 Å². The molecule has 1 heterocycles. The van der Waals surface area contributed by atoms with Crippen LogP contribution in [0.3, 0.4) is 0 Å². The Kier molecular flexibility index (Phi) is 2.91. The third-order valence-corrected chi connectivity index (χ3v) is 3.10. The van der Waals surface area contributed by atoms with Gasteiger partial charge >= 0.3 is 5.97 Å². The fraction of sp³-hybridized carbons (Fsp3) is 0. The predicted molar refractivity (Wildman–Crippen MR) is 74.1 cm³/mol. The maximum absolute atomic E-state index is 13.8. The molecule has 0 unspecified atom stereocenters. The fourth-order valence-corrected chi connectivity index (χ4v) is 2.16. The van der Waals surface area contributed by atoms with Crippen LogP contribution in [-0.2, 0) is 0 Å². The summed E-state index contributed by atoms with van der Waals surface area (Å²) in [5.41, 5.74) is 1.26. The van der Waals surface area contributed by atoms with Gasteiger partial charge in [0.25, 0.3) is 0 Å². The number of carboxylic acids is 1. The highest BCUT2D eigenvalue weighted by atomic mass is 19.1. The first-order chi connectivity index (χ1) is 9.66. The number of hydrogen-bond donors (Lipinski definition) is 1. The van der Waals surface area contributed by atoms with Crippen LogP contribution < -0.4 is 0 Å². The molecule has 20 heavy (non-hydrogen) atoms. The van der Waals surface area contributed by atoms with Crippen LogP contribution in [0.4, 0.5) is 4.39 Å². The van der Waals surface area contributed by atoms with E-state index in [1.54, 1.807) is 42.5 Å². The average Bonchev–Trinajstić information content (AvgIpc) is 2.46. The highest BCUT2D eigenvalue weighted by Crippen LogP contribution is 2.26. The number of aromatic carboxylic acids is 1. The Bertz CT molecular complexity index is 814. The Morgan fingerprint density at radius 1 is 1.05 bits per heavy atom. The summed E-state index contributed by atoms with van der Waals surface area (Å²) >= 11 is 0. The van der Waals surface area contributed by atoms with Crippen LogP contribution in [0, 0.1) is 5.82 Å². The van der Waals surface area contributed by atoms with Gasteiger partial charge < -0.3 is 5.11 Å². The zero-order valence-electron chi connectivity index (χ0n) is 10.4. The minimum atomic E-state index is -1.05. The Hall–Kier alpha value is -2.75. The summed E-state index contributed by atoms with van der Waals surface area (Å²) in [7, 11) is 0. The number of carboxylic acid groups (broad SMARTS) is 1. The number of aromatic nitrogens is 1. The first kappa shape index (κ1) is 12.3. The molecular formula is C16H10FNO2. The van der Waals surface area contributed by atoms with E-state index in [1.165, 1.54) is 12.1 Å². The van der Waals surface area contributed by atoms with Gasteiger partial charge in [-0.2, -0.15) is 0 Å². The molecular weight excluding hydrogens is 257 g/mol. The van der Waals surface area contributed by atoms with Crippen LogP contribution in [0.1, 0.15) is 10.4 Å². The molecule has 1 N–H and O–H groups in total. The lowest BCUT2D eigenvalue weighted by Gasteiger charge is -2.07. The number of nitrogens with zero attached hydrogens (tertiary/aromatic N) is 1. The molecule has 0 aliphatic carbocycles. The Labute approximate surface area is 114 Å². The number of halogens is 1. The lowest BCUT2D eigenvalue weighted by molar-refractivity contribution is 0.0699. The molecule has 3 rings (SSSR count). The summed E-state index contributed by atoms with van der Waals surface area (Å²) in [5.74, 6) is -1.48. The van der Waals surface area contributed by atoms with Gasteiger partial charge in [0.15, 0.2) is 0 Å². The van der Waals surface area contributed by atoms with Crippen molar-refractivity contribution in [1.82, 2.24) is 4.98 Å². The first-order valence-corrected chi connectivity index (χ1v) is 6.05. The molecule has 0 saturated carbocycles. The first-order valence-electron chi connectivity index (χ1n) is 6.05. The molecule has 0 radical (unpaired) electrons. The van der Waals surface area contributed by atoms with Crippen LogP contribution >= 0.6 is 0 Å². The highest BCUT2D eigenvalue weighted by Gasteiger charge is 2.14. The third-order valence-electron chi connectivity index (χ3n) is 3.10. The maximum Gasteiger partial charge on any atom is 0.336 e. The summed E-state index contributed by atoms with van der Waals surface area (Å²) in [4.78, 5) is 15.7. The molecule has 3 aromatic rings. The van der Waals surface area contributed by atoms with E-state index in [0.29, 0.717) is 22.2 Å². The summed E-state index contributed by atoms with van der Waals surface area (Å²) in [5, 5.41) is 9.84. The molecule has 0 atom stereocenters. The molecule has 4 heteroatoms. The van der Waals surface area contributed by atoms with E-state index in [-0.39, 0.29) is 5.56 Å². The molecule has 0 saturated heterocycles. The topological polar surface area (TPSA) is 50.2 Å². The second-order valence-corrected chi connectivity index (χ2v) is 4.36. The summed E-state index contributed by atoms with van der Waals surface area (Å²) in [6.07, 6.45) is 0. The van der Waals surface area contributed by atoms with Crippen LogP contribution in [0.2, 0.25) is 0 Å². The largest absolute Gasteiger partial charge is 0.478 e. The smallest absolute Gasteiger partial charge is 0.336 e. The van der Waals surface area contributed by atoms with E-state index >= 15 is 0 Å². The van der Waals surface area contributed by atoms with Crippen molar-refractivity contribution in [3.63, 3.8) is 0 Å². The van der Waals surface area contributed by atoms with Crippen molar-refractivity contribution in [3.8, 4) is 11.3 Å². The molecule has 2 aromatic carbocycles. The molecule has 0 bridgehead atoms. The number of hydrogen-bond acceptors (Lipinski definition) is 2. The van der Waals surface area contributed by atoms with E-state index < -0.39 is 11.8 Å². The Morgan fingerprint density at radius 3 is 2.50 bits per heavy atom. The third kappa shape index (κ3) is 2.01. The molecule has 0 aliphatic rings. The van der Waals surface area contributed by atoms with Gasteiger partial charge in [0.2, 0.25) is 0 Å². The van der Waals surface area contributed by atoms with E-state index in [9.17, 15) is 14.3 Å². The minimum Gasteiger partial charge on any atom is -0.478 e. The van der Waals surface area contributed by atoms with Gasteiger partial charge in [0, 0.05) is 10.9 Å². The number of rotatable bonds is 2. The molecule has 0 aliphatic heterocycles. The standard InChI is InChI=1S/C16H10FNO2/c17-13-7-3-1-6-11(13)15-9-12(16(19)20)10-5-2-4-8-14(10)18-15/h1-9H,(H,19,20). The number of para-hydroxylation sites is 1. The van der Waals surface area contributed by atoms with Crippen molar-refractivity contribution in [2.24, 2.45) is 0 Å². The van der Waals surface area contributed by atoms with E-state index in [2.05, 4.69) is 4.98 Å². The fourth-order valence-electron chi connectivity index (χ4n) is 2.16. The van der Waals surface area contributed by atoms with Gasteiger partial charge in [0.05, 0.1) is 16.8 Å². The number of pyridine rings is 1. The number of carbonyl (C=O) groups is 1. The normalized spacial score (nSPS) is 10.7. The Morgan fingerprint density at radius 2 is 1.75 bits per heavy atom. The van der Waals surface area contributed by atoms with Crippen molar-refractivity contribution in [2.75, 3.05) is 0 Å². The molecule has 3 nitrogen and oxygen atoms in total. The lowest BCUT2D eigenvalue weighted by atomic mass is 10.0. The van der Waals surface area contributed by atoms with Crippen LogP contribution in [0.5, 0.6) is 0 Å². The molecule has 98 valence electrons. The van der Waals surface area contributed by atoms with Gasteiger partial charge in [-0.15, -0.1) is 0 Å².